The van der Waals surface area contributed by atoms with E-state index in [1.165, 1.54) is 0 Å². The van der Waals surface area contributed by atoms with Gasteiger partial charge in [0.2, 0.25) is 0 Å². The highest BCUT2D eigenvalue weighted by Crippen LogP contribution is 1.96. The van der Waals surface area contributed by atoms with Crippen LogP contribution in [0.1, 0.15) is 27.7 Å². The SMILES string of the molecule is CC(C)N(C)CCN(C)CCN(C)C(C)C. The first-order chi connectivity index (χ1) is 7.34. The fraction of sp³-hybridized carbons (Fsp3) is 1.00. The lowest BCUT2D eigenvalue weighted by Crippen LogP contribution is -2.39. The summed E-state index contributed by atoms with van der Waals surface area (Å²) in [6.45, 7) is 13.6. The largest absolute Gasteiger partial charge is 0.304 e. The maximum Gasteiger partial charge on any atom is 0.0109 e. The Balaban J connectivity index is 3.63. The smallest absolute Gasteiger partial charge is 0.0109 e. The molecule has 0 rings (SSSR count). The van der Waals surface area contributed by atoms with E-state index in [2.05, 4.69) is 63.5 Å². The molecule has 0 amide bonds. The van der Waals surface area contributed by atoms with E-state index in [4.69, 9.17) is 0 Å². The minimum atomic E-state index is 0.645. The summed E-state index contributed by atoms with van der Waals surface area (Å²) in [5.74, 6) is 0. The van der Waals surface area contributed by atoms with Gasteiger partial charge in [0, 0.05) is 38.3 Å². The lowest BCUT2D eigenvalue weighted by atomic mass is 10.3. The van der Waals surface area contributed by atoms with Crippen LogP contribution >= 0.6 is 0 Å². The van der Waals surface area contributed by atoms with Crippen molar-refractivity contribution in [1.29, 1.82) is 0 Å². The number of rotatable bonds is 8. The van der Waals surface area contributed by atoms with Crippen molar-refractivity contribution < 1.29 is 0 Å². The minimum Gasteiger partial charge on any atom is -0.304 e. The van der Waals surface area contributed by atoms with Gasteiger partial charge in [-0.3, -0.25) is 0 Å². The summed E-state index contributed by atoms with van der Waals surface area (Å²) >= 11 is 0. The number of likely N-dealkylation sites (N-methyl/N-ethyl adjacent to an activating group) is 3. The van der Waals surface area contributed by atoms with Crippen LogP contribution in [0.25, 0.3) is 0 Å². The first-order valence-electron chi connectivity index (χ1n) is 6.43. The third-order valence-electron chi connectivity index (χ3n) is 3.43. The standard InChI is InChI=1S/C13H31N3/c1-12(2)15(6)10-8-14(5)9-11-16(7)13(3)4/h12-13H,8-11H2,1-7H3. The quantitative estimate of drug-likeness (QED) is 0.626. The second kappa shape index (κ2) is 8.04. The van der Waals surface area contributed by atoms with Crippen molar-refractivity contribution in [3.8, 4) is 0 Å². The molecule has 0 aromatic carbocycles. The molecular weight excluding hydrogens is 198 g/mol. The molecule has 3 nitrogen and oxygen atoms in total. The molecule has 3 heteroatoms. The molecule has 0 saturated heterocycles. The Kier molecular flexibility index (Phi) is 7.98. The molecule has 0 aliphatic heterocycles. The molecule has 0 spiro atoms. The number of hydrogen-bond acceptors (Lipinski definition) is 3. The van der Waals surface area contributed by atoms with Crippen molar-refractivity contribution in [3.63, 3.8) is 0 Å². The Morgan fingerprint density at radius 3 is 1.19 bits per heavy atom. The molecule has 0 fully saturated rings. The average molecular weight is 229 g/mol. The molecule has 0 aromatic rings. The molecule has 0 atom stereocenters. The van der Waals surface area contributed by atoms with Crippen LogP contribution in [0.15, 0.2) is 0 Å². The van der Waals surface area contributed by atoms with Gasteiger partial charge in [-0.2, -0.15) is 0 Å². The Morgan fingerprint density at radius 1 is 0.625 bits per heavy atom. The van der Waals surface area contributed by atoms with Crippen molar-refractivity contribution in [2.75, 3.05) is 47.3 Å². The van der Waals surface area contributed by atoms with Crippen molar-refractivity contribution in [2.24, 2.45) is 0 Å². The number of hydrogen-bond donors (Lipinski definition) is 0. The Morgan fingerprint density at radius 2 is 0.938 bits per heavy atom. The fourth-order valence-electron chi connectivity index (χ4n) is 1.29. The second-order valence-electron chi connectivity index (χ2n) is 5.45. The average Bonchev–Trinajstić information content (AvgIpc) is 2.21. The lowest BCUT2D eigenvalue weighted by molar-refractivity contribution is 0.195. The summed E-state index contributed by atoms with van der Waals surface area (Å²) in [6.07, 6.45) is 0. The summed E-state index contributed by atoms with van der Waals surface area (Å²) in [7, 11) is 6.60. The predicted molar refractivity (Wildman–Crippen MR) is 73.0 cm³/mol. The topological polar surface area (TPSA) is 9.72 Å². The van der Waals surface area contributed by atoms with Crippen LogP contribution in [0.2, 0.25) is 0 Å². The minimum absolute atomic E-state index is 0.645. The van der Waals surface area contributed by atoms with E-state index in [1.807, 2.05) is 0 Å². The Bertz CT molecular complexity index is 151. The second-order valence-corrected chi connectivity index (χ2v) is 5.45. The lowest BCUT2D eigenvalue weighted by Gasteiger charge is -2.27. The van der Waals surface area contributed by atoms with Crippen LogP contribution < -0.4 is 0 Å². The first-order valence-corrected chi connectivity index (χ1v) is 6.43. The van der Waals surface area contributed by atoms with E-state index in [0.29, 0.717) is 12.1 Å². The highest BCUT2D eigenvalue weighted by Gasteiger charge is 2.07. The van der Waals surface area contributed by atoms with Gasteiger partial charge in [0.15, 0.2) is 0 Å². The predicted octanol–water partition coefficient (Wildman–Crippen LogP) is 1.60. The summed E-state index contributed by atoms with van der Waals surface area (Å²) in [4.78, 5) is 7.20. The van der Waals surface area contributed by atoms with E-state index >= 15 is 0 Å². The van der Waals surface area contributed by atoms with Gasteiger partial charge in [-0.05, 0) is 48.8 Å². The van der Waals surface area contributed by atoms with E-state index in [0.717, 1.165) is 26.2 Å². The monoisotopic (exact) mass is 229 g/mol. The highest BCUT2D eigenvalue weighted by atomic mass is 15.2. The maximum absolute atomic E-state index is 2.41. The van der Waals surface area contributed by atoms with Gasteiger partial charge in [0.1, 0.15) is 0 Å². The van der Waals surface area contributed by atoms with Gasteiger partial charge >= 0.3 is 0 Å². The maximum atomic E-state index is 2.41. The molecule has 0 aromatic heterocycles. The zero-order valence-corrected chi connectivity index (χ0v) is 12.3. The molecule has 98 valence electrons. The van der Waals surface area contributed by atoms with Gasteiger partial charge in [0.05, 0.1) is 0 Å². The van der Waals surface area contributed by atoms with Crippen LogP contribution in [0.5, 0.6) is 0 Å². The van der Waals surface area contributed by atoms with Gasteiger partial charge in [-0.15, -0.1) is 0 Å². The fourth-order valence-corrected chi connectivity index (χ4v) is 1.29. The van der Waals surface area contributed by atoms with Crippen molar-refractivity contribution in [3.05, 3.63) is 0 Å². The van der Waals surface area contributed by atoms with Crippen molar-refractivity contribution in [2.45, 2.75) is 39.8 Å². The van der Waals surface area contributed by atoms with Crippen LogP contribution in [-0.4, -0.2) is 74.1 Å². The molecule has 0 radical (unpaired) electrons. The molecule has 0 N–H and O–H groups in total. The normalized spacial score (nSPS) is 12.8. The highest BCUT2D eigenvalue weighted by molar-refractivity contribution is 4.63. The molecule has 16 heavy (non-hydrogen) atoms. The third-order valence-corrected chi connectivity index (χ3v) is 3.43. The zero-order chi connectivity index (χ0) is 12.7. The molecule has 0 heterocycles. The molecule has 0 saturated carbocycles. The van der Waals surface area contributed by atoms with Crippen molar-refractivity contribution >= 4 is 0 Å². The zero-order valence-electron chi connectivity index (χ0n) is 12.3. The Hall–Kier alpha value is -0.120. The summed E-state index contributed by atoms with van der Waals surface area (Å²) in [5.41, 5.74) is 0. The summed E-state index contributed by atoms with van der Waals surface area (Å²) < 4.78 is 0. The van der Waals surface area contributed by atoms with Gasteiger partial charge in [-0.1, -0.05) is 0 Å². The van der Waals surface area contributed by atoms with Gasteiger partial charge in [-0.25, -0.2) is 0 Å². The number of nitrogens with zero attached hydrogens (tertiary/aromatic N) is 3. The van der Waals surface area contributed by atoms with Crippen LogP contribution in [0.3, 0.4) is 0 Å². The molecule has 0 unspecified atom stereocenters. The van der Waals surface area contributed by atoms with E-state index in [-0.39, 0.29) is 0 Å². The van der Waals surface area contributed by atoms with E-state index in [1.54, 1.807) is 0 Å². The third kappa shape index (κ3) is 7.20. The van der Waals surface area contributed by atoms with E-state index in [9.17, 15) is 0 Å². The van der Waals surface area contributed by atoms with E-state index < -0.39 is 0 Å². The Labute approximate surface area is 102 Å². The van der Waals surface area contributed by atoms with Crippen LogP contribution in [0.4, 0.5) is 0 Å². The molecule has 0 bridgehead atoms. The molecule has 0 aliphatic rings. The van der Waals surface area contributed by atoms with Crippen LogP contribution in [-0.2, 0) is 0 Å². The molecular formula is C13H31N3. The van der Waals surface area contributed by atoms with Gasteiger partial charge < -0.3 is 14.7 Å². The van der Waals surface area contributed by atoms with Crippen molar-refractivity contribution in [1.82, 2.24) is 14.7 Å². The molecule has 0 aliphatic carbocycles. The van der Waals surface area contributed by atoms with Crippen LogP contribution in [0, 0.1) is 0 Å². The first kappa shape index (κ1) is 15.9. The summed E-state index contributed by atoms with van der Waals surface area (Å²) in [5, 5.41) is 0. The summed E-state index contributed by atoms with van der Waals surface area (Å²) in [6, 6.07) is 1.29. The van der Waals surface area contributed by atoms with Gasteiger partial charge in [0.25, 0.3) is 0 Å².